The number of piperidine rings is 1. The standard InChI is InChI=1S/C17H19N5OS/c23-16-9-15(19-12-20-16)13-3-1-6-21(10-13)11-14-4-2-7-22(14)17-18-5-8-24-17/h2,4-5,7-9,12-13H,1,3,6,10-11H2,(H,19,20,23). The summed E-state index contributed by atoms with van der Waals surface area (Å²) in [4.78, 5) is 25.3. The molecular formula is C17H19N5OS. The predicted octanol–water partition coefficient (Wildman–Crippen LogP) is 2.40. The topological polar surface area (TPSA) is 66.8 Å². The molecule has 0 aliphatic carbocycles. The molecule has 3 aromatic heterocycles. The van der Waals surface area contributed by atoms with Gasteiger partial charge in [0.1, 0.15) is 0 Å². The van der Waals surface area contributed by atoms with Gasteiger partial charge >= 0.3 is 0 Å². The first kappa shape index (κ1) is 15.3. The van der Waals surface area contributed by atoms with Gasteiger partial charge in [0.15, 0.2) is 5.13 Å². The lowest BCUT2D eigenvalue weighted by Gasteiger charge is -2.32. The lowest BCUT2D eigenvalue weighted by Crippen LogP contribution is -2.35. The van der Waals surface area contributed by atoms with E-state index < -0.39 is 0 Å². The molecule has 4 heterocycles. The first-order valence-electron chi connectivity index (χ1n) is 8.13. The maximum Gasteiger partial charge on any atom is 0.250 e. The molecular weight excluding hydrogens is 322 g/mol. The smallest absolute Gasteiger partial charge is 0.250 e. The van der Waals surface area contributed by atoms with Crippen LogP contribution in [0.4, 0.5) is 0 Å². The second kappa shape index (κ2) is 6.70. The summed E-state index contributed by atoms with van der Waals surface area (Å²) in [5.41, 5.74) is 2.07. The summed E-state index contributed by atoms with van der Waals surface area (Å²) in [6, 6.07) is 5.85. The van der Waals surface area contributed by atoms with Crippen LogP contribution in [0.2, 0.25) is 0 Å². The second-order valence-electron chi connectivity index (χ2n) is 6.09. The number of thiazole rings is 1. The molecule has 124 valence electrons. The Hall–Kier alpha value is -2.25. The molecule has 3 aromatic rings. The summed E-state index contributed by atoms with van der Waals surface area (Å²) >= 11 is 1.64. The third kappa shape index (κ3) is 3.18. The van der Waals surface area contributed by atoms with Gasteiger partial charge < -0.3 is 4.98 Å². The highest BCUT2D eigenvalue weighted by molar-refractivity contribution is 7.12. The van der Waals surface area contributed by atoms with E-state index in [1.165, 1.54) is 12.0 Å². The molecule has 7 heteroatoms. The van der Waals surface area contributed by atoms with Crippen LogP contribution in [-0.2, 0) is 6.54 Å². The van der Waals surface area contributed by atoms with E-state index in [-0.39, 0.29) is 5.56 Å². The first-order valence-corrected chi connectivity index (χ1v) is 9.00. The number of aromatic amines is 1. The van der Waals surface area contributed by atoms with E-state index in [1.807, 2.05) is 11.6 Å². The number of nitrogens with zero attached hydrogens (tertiary/aromatic N) is 4. The van der Waals surface area contributed by atoms with Gasteiger partial charge in [-0.15, -0.1) is 11.3 Å². The van der Waals surface area contributed by atoms with Crippen LogP contribution < -0.4 is 5.56 Å². The highest BCUT2D eigenvalue weighted by atomic mass is 32.1. The van der Waals surface area contributed by atoms with Gasteiger partial charge in [-0.2, -0.15) is 0 Å². The number of hydrogen-bond acceptors (Lipinski definition) is 5. The Morgan fingerprint density at radius 1 is 1.38 bits per heavy atom. The average Bonchev–Trinajstić information content (AvgIpc) is 3.26. The van der Waals surface area contributed by atoms with Crippen molar-refractivity contribution in [2.45, 2.75) is 25.3 Å². The third-order valence-corrected chi connectivity index (χ3v) is 5.24. The van der Waals surface area contributed by atoms with Crippen LogP contribution >= 0.6 is 11.3 Å². The van der Waals surface area contributed by atoms with Gasteiger partial charge in [0.05, 0.1) is 12.0 Å². The highest BCUT2D eigenvalue weighted by Crippen LogP contribution is 2.26. The molecule has 0 amide bonds. The fourth-order valence-electron chi connectivity index (χ4n) is 3.34. The number of likely N-dealkylation sites (tertiary alicyclic amines) is 1. The lowest BCUT2D eigenvalue weighted by atomic mass is 9.94. The van der Waals surface area contributed by atoms with Crippen molar-refractivity contribution in [2.75, 3.05) is 13.1 Å². The van der Waals surface area contributed by atoms with Crippen molar-refractivity contribution in [3.05, 3.63) is 64.0 Å². The fourth-order valence-corrected chi connectivity index (χ4v) is 4.00. The minimum atomic E-state index is -0.0743. The van der Waals surface area contributed by atoms with Gasteiger partial charge in [0, 0.05) is 48.5 Å². The van der Waals surface area contributed by atoms with Crippen LogP contribution in [0, 0.1) is 0 Å². The van der Waals surface area contributed by atoms with Crippen molar-refractivity contribution >= 4 is 11.3 Å². The zero-order valence-electron chi connectivity index (χ0n) is 13.3. The summed E-state index contributed by atoms with van der Waals surface area (Å²) in [6.45, 7) is 2.88. The number of nitrogens with one attached hydrogen (secondary N) is 1. The SMILES string of the molecule is O=c1cc(C2CCCN(Cc3cccn3-c3nccs3)C2)nc[nH]1. The van der Waals surface area contributed by atoms with Gasteiger partial charge in [-0.25, -0.2) is 9.97 Å². The van der Waals surface area contributed by atoms with Crippen LogP contribution in [0.1, 0.15) is 30.1 Å². The number of H-pyrrole nitrogens is 1. The fraction of sp³-hybridized carbons (Fsp3) is 0.353. The van der Waals surface area contributed by atoms with Crippen molar-refractivity contribution in [3.63, 3.8) is 0 Å². The van der Waals surface area contributed by atoms with Gasteiger partial charge in [-0.05, 0) is 31.5 Å². The van der Waals surface area contributed by atoms with Crippen LogP contribution in [0.5, 0.6) is 0 Å². The van der Waals surface area contributed by atoms with Gasteiger partial charge in [-0.1, -0.05) is 0 Å². The van der Waals surface area contributed by atoms with E-state index in [0.717, 1.165) is 43.3 Å². The maximum atomic E-state index is 11.5. The summed E-state index contributed by atoms with van der Waals surface area (Å²) in [7, 11) is 0. The van der Waals surface area contributed by atoms with Crippen molar-refractivity contribution in [1.29, 1.82) is 0 Å². The van der Waals surface area contributed by atoms with Crippen LogP contribution in [0.15, 0.2) is 47.1 Å². The Morgan fingerprint density at radius 3 is 3.17 bits per heavy atom. The molecule has 0 aromatic carbocycles. The normalized spacial score (nSPS) is 18.8. The summed E-state index contributed by atoms with van der Waals surface area (Å²) < 4.78 is 2.15. The van der Waals surface area contributed by atoms with Crippen molar-refractivity contribution in [3.8, 4) is 5.13 Å². The molecule has 1 unspecified atom stereocenters. The van der Waals surface area contributed by atoms with Crippen LogP contribution in [-0.4, -0.2) is 37.5 Å². The number of rotatable bonds is 4. The van der Waals surface area contributed by atoms with E-state index in [4.69, 9.17) is 0 Å². The first-order chi connectivity index (χ1) is 11.8. The zero-order valence-corrected chi connectivity index (χ0v) is 14.1. The monoisotopic (exact) mass is 341 g/mol. The van der Waals surface area contributed by atoms with Crippen molar-refractivity contribution in [2.24, 2.45) is 0 Å². The molecule has 1 atom stereocenters. The summed E-state index contributed by atoms with van der Waals surface area (Å²) in [5, 5.41) is 2.99. The molecule has 0 saturated carbocycles. The molecule has 6 nitrogen and oxygen atoms in total. The largest absolute Gasteiger partial charge is 0.313 e. The molecule has 1 saturated heterocycles. The summed E-state index contributed by atoms with van der Waals surface area (Å²) in [5.74, 6) is 0.323. The van der Waals surface area contributed by atoms with Gasteiger partial charge in [0.25, 0.3) is 5.56 Å². The molecule has 1 aliphatic rings. The zero-order chi connectivity index (χ0) is 16.4. The Labute approximate surface area is 143 Å². The molecule has 1 aliphatic heterocycles. The van der Waals surface area contributed by atoms with E-state index in [0.29, 0.717) is 5.92 Å². The summed E-state index contributed by atoms with van der Waals surface area (Å²) in [6.07, 6.45) is 7.61. The number of hydrogen-bond donors (Lipinski definition) is 1. The third-order valence-electron chi connectivity index (χ3n) is 4.47. The van der Waals surface area contributed by atoms with E-state index in [2.05, 4.69) is 42.7 Å². The minimum Gasteiger partial charge on any atom is -0.313 e. The Bertz CT molecular complexity index is 854. The van der Waals surface area contributed by atoms with E-state index in [9.17, 15) is 4.79 Å². The molecule has 0 bridgehead atoms. The van der Waals surface area contributed by atoms with Gasteiger partial charge in [0.2, 0.25) is 0 Å². The second-order valence-corrected chi connectivity index (χ2v) is 6.97. The predicted molar refractivity (Wildman–Crippen MR) is 93.6 cm³/mol. The molecule has 4 rings (SSSR count). The molecule has 1 fully saturated rings. The lowest BCUT2D eigenvalue weighted by molar-refractivity contribution is 0.195. The average molecular weight is 341 g/mol. The number of aromatic nitrogens is 4. The quantitative estimate of drug-likeness (QED) is 0.791. The van der Waals surface area contributed by atoms with Crippen molar-refractivity contribution in [1.82, 2.24) is 24.4 Å². The van der Waals surface area contributed by atoms with Crippen LogP contribution in [0.3, 0.4) is 0 Å². The van der Waals surface area contributed by atoms with Crippen LogP contribution in [0.25, 0.3) is 5.13 Å². The molecule has 1 N–H and O–H groups in total. The highest BCUT2D eigenvalue weighted by Gasteiger charge is 2.23. The van der Waals surface area contributed by atoms with Gasteiger partial charge in [-0.3, -0.25) is 14.3 Å². The Kier molecular flexibility index (Phi) is 4.27. The Balaban J connectivity index is 1.50. The maximum absolute atomic E-state index is 11.5. The van der Waals surface area contributed by atoms with Crippen molar-refractivity contribution < 1.29 is 0 Å². The molecule has 0 radical (unpaired) electrons. The molecule has 0 spiro atoms. The Morgan fingerprint density at radius 2 is 2.33 bits per heavy atom. The van der Waals surface area contributed by atoms with E-state index >= 15 is 0 Å². The van der Waals surface area contributed by atoms with E-state index in [1.54, 1.807) is 17.4 Å². The molecule has 24 heavy (non-hydrogen) atoms. The minimum absolute atomic E-state index is 0.0743.